The molecule has 23 heavy (non-hydrogen) atoms. The summed E-state index contributed by atoms with van der Waals surface area (Å²) in [7, 11) is 0. The molecule has 1 atom stereocenters. The number of allylic oxidation sites excluding steroid dienone is 2. The zero-order valence-corrected chi connectivity index (χ0v) is 14.4. The minimum Gasteiger partial charge on any atom is -0.356 e. The molecule has 1 aliphatic carbocycles. The minimum absolute atomic E-state index is 0.0614. The summed E-state index contributed by atoms with van der Waals surface area (Å²) in [6.07, 6.45) is 6.19. The van der Waals surface area contributed by atoms with Crippen LogP contribution in [0.15, 0.2) is 22.8 Å². The van der Waals surface area contributed by atoms with E-state index < -0.39 is 5.92 Å². The maximum absolute atomic E-state index is 14.4. The van der Waals surface area contributed by atoms with Crippen molar-refractivity contribution in [3.8, 4) is 0 Å². The summed E-state index contributed by atoms with van der Waals surface area (Å²) >= 11 is 3.53. The first-order valence-electron chi connectivity index (χ1n) is 7.94. The molecule has 1 saturated heterocycles. The van der Waals surface area contributed by atoms with Gasteiger partial charge in [0.2, 0.25) is 0 Å². The maximum Gasteiger partial charge on any atom is 0.292 e. The molecule has 2 aliphatic rings. The Bertz CT molecular complexity index is 807. The van der Waals surface area contributed by atoms with E-state index in [9.17, 15) is 8.78 Å². The minimum atomic E-state index is -2.93. The number of hydrogen-bond acceptors (Lipinski definition) is 2. The molecular weight excluding hydrogens is 366 g/mol. The van der Waals surface area contributed by atoms with E-state index in [1.807, 2.05) is 6.92 Å². The summed E-state index contributed by atoms with van der Waals surface area (Å²) in [5.74, 6) is -2.93. The second-order valence-electron chi connectivity index (χ2n) is 6.10. The van der Waals surface area contributed by atoms with E-state index in [4.69, 9.17) is 4.74 Å². The molecule has 1 fully saturated rings. The van der Waals surface area contributed by atoms with Gasteiger partial charge in [-0.1, -0.05) is 6.92 Å². The van der Waals surface area contributed by atoms with Crippen LogP contribution < -0.4 is 0 Å². The van der Waals surface area contributed by atoms with Gasteiger partial charge in [0.1, 0.15) is 0 Å². The highest BCUT2D eigenvalue weighted by atomic mass is 79.9. The lowest BCUT2D eigenvalue weighted by Crippen LogP contribution is -2.19. The normalized spacial score (nSPS) is 23.1. The van der Waals surface area contributed by atoms with Crippen LogP contribution in [0, 0.1) is 0 Å². The quantitative estimate of drug-likeness (QED) is 0.695. The zero-order valence-electron chi connectivity index (χ0n) is 12.8. The molecule has 0 bridgehead atoms. The van der Waals surface area contributed by atoms with Crippen LogP contribution in [-0.2, 0) is 10.7 Å². The molecule has 0 amide bonds. The first-order chi connectivity index (χ1) is 11.0. The van der Waals surface area contributed by atoms with Gasteiger partial charge in [0, 0.05) is 27.6 Å². The highest BCUT2D eigenvalue weighted by molar-refractivity contribution is 9.10. The van der Waals surface area contributed by atoms with Gasteiger partial charge in [0.15, 0.2) is 6.23 Å². The van der Waals surface area contributed by atoms with Crippen molar-refractivity contribution in [3.05, 3.63) is 33.9 Å². The Balaban J connectivity index is 1.92. The van der Waals surface area contributed by atoms with Gasteiger partial charge in [0.05, 0.1) is 11.7 Å². The number of hydrogen-bond donors (Lipinski definition) is 0. The van der Waals surface area contributed by atoms with Crippen LogP contribution in [0.4, 0.5) is 8.78 Å². The van der Waals surface area contributed by atoms with Crippen LogP contribution in [0.25, 0.3) is 16.5 Å². The van der Waals surface area contributed by atoms with E-state index in [1.165, 1.54) is 0 Å². The summed E-state index contributed by atoms with van der Waals surface area (Å²) in [5.41, 5.74) is 2.06. The molecule has 122 valence electrons. The Morgan fingerprint density at radius 2 is 2.26 bits per heavy atom. The van der Waals surface area contributed by atoms with Crippen LogP contribution in [-0.4, -0.2) is 16.4 Å². The molecule has 0 radical (unpaired) electrons. The van der Waals surface area contributed by atoms with E-state index in [-0.39, 0.29) is 11.8 Å². The van der Waals surface area contributed by atoms with Crippen molar-refractivity contribution in [2.75, 3.05) is 6.61 Å². The molecule has 2 heterocycles. The predicted molar refractivity (Wildman–Crippen MR) is 88.4 cm³/mol. The van der Waals surface area contributed by atoms with Crippen molar-refractivity contribution in [2.24, 2.45) is 0 Å². The highest BCUT2D eigenvalue weighted by Crippen LogP contribution is 2.49. The van der Waals surface area contributed by atoms with Crippen molar-refractivity contribution in [1.29, 1.82) is 0 Å². The van der Waals surface area contributed by atoms with E-state index in [0.717, 1.165) is 30.7 Å². The molecule has 1 unspecified atom stereocenters. The second kappa shape index (κ2) is 5.38. The van der Waals surface area contributed by atoms with Gasteiger partial charge in [-0.15, -0.1) is 0 Å². The summed E-state index contributed by atoms with van der Waals surface area (Å²) in [4.78, 5) is 0. The lowest BCUT2D eigenvalue weighted by atomic mass is 10.0. The van der Waals surface area contributed by atoms with Crippen molar-refractivity contribution < 1.29 is 13.5 Å². The van der Waals surface area contributed by atoms with Gasteiger partial charge in [-0.05, 0) is 59.3 Å². The number of nitrogens with zero attached hydrogens (tertiary/aromatic N) is 2. The molecule has 1 aromatic heterocycles. The molecule has 2 aromatic rings. The third-order valence-electron chi connectivity index (χ3n) is 4.69. The molecule has 6 heteroatoms. The highest BCUT2D eigenvalue weighted by Gasteiger charge is 2.40. The molecule has 0 N–H and O–H groups in total. The SMILES string of the molecule is CCC1=CC(F)(F)c2cc3c(cnn3C3CCCCO3)c(Br)c21. The van der Waals surface area contributed by atoms with Gasteiger partial charge in [-0.2, -0.15) is 13.9 Å². The van der Waals surface area contributed by atoms with Gasteiger partial charge in [0.25, 0.3) is 5.92 Å². The topological polar surface area (TPSA) is 27.1 Å². The monoisotopic (exact) mass is 382 g/mol. The van der Waals surface area contributed by atoms with Gasteiger partial charge in [-0.25, -0.2) is 4.68 Å². The smallest absolute Gasteiger partial charge is 0.292 e. The van der Waals surface area contributed by atoms with E-state index >= 15 is 0 Å². The largest absolute Gasteiger partial charge is 0.356 e. The van der Waals surface area contributed by atoms with Crippen LogP contribution in [0.1, 0.15) is 50.0 Å². The number of benzene rings is 1. The van der Waals surface area contributed by atoms with Crippen LogP contribution in [0.5, 0.6) is 0 Å². The first-order valence-corrected chi connectivity index (χ1v) is 8.74. The second-order valence-corrected chi connectivity index (χ2v) is 6.90. The molecule has 1 aromatic carbocycles. The summed E-state index contributed by atoms with van der Waals surface area (Å²) in [5, 5.41) is 5.27. The van der Waals surface area contributed by atoms with Crippen LogP contribution in [0.3, 0.4) is 0 Å². The average molecular weight is 383 g/mol. The lowest BCUT2D eigenvalue weighted by Gasteiger charge is -2.24. The fourth-order valence-corrected chi connectivity index (χ4v) is 4.29. The average Bonchev–Trinajstić information content (AvgIpc) is 3.08. The number of aromatic nitrogens is 2. The predicted octanol–water partition coefficient (Wildman–Crippen LogP) is 5.40. The Labute approximate surface area is 141 Å². The summed E-state index contributed by atoms with van der Waals surface area (Å²) < 4.78 is 37.0. The van der Waals surface area contributed by atoms with E-state index in [0.29, 0.717) is 34.2 Å². The fourth-order valence-electron chi connectivity index (χ4n) is 3.52. The van der Waals surface area contributed by atoms with Crippen molar-refractivity contribution in [1.82, 2.24) is 9.78 Å². The van der Waals surface area contributed by atoms with E-state index in [1.54, 1.807) is 16.9 Å². The summed E-state index contributed by atoms with van der Waals surface area (Å²) in [6.45, 7) is 2.59. The third-order valence-corrected chi connectivity index (χ3v) is 5.51. The van der Waals surface area contributed by atoms with Crippen molar-refractivity contribution in [2.45, 2.75) is 44.8 Å². The fraction of sp³-hybridized carbons (Fsp3) is 0.471. The Morgan fingerprint density at radius 3 is 2.96 bits per heavy atom. The van der Waals surface area contributed by atoms with Gasteiger partial charge in [-0.3, -0.25) is 0 Å². The third kappa shape index (κ3) is 2.26. The molecular formula is C17H17BrF2N2O. The Kier molecular flexibility index (Phi) is 3.57. The van der Waals surface area contributed by atoms with Gasteiger partial charge >= 0.3 is 0 Å². The molecule has 4 rings (SSSR count). The molecule has 3 nitrogen and oxygen atoms in total. The lowest BCUT2D eigenvalue weighted by molar-refractivity contribution is -0.0367. The summed E-state index contributed by atoms with van der Waals surface area (Å²) in [6, 6.07) is 1.58. The number of ether oxygens (including phenoxy) is 1. The first kappa shape index (κ1) is 15.3. The molecule has 1 aliphatic heterocycles. The number of rotatable bonds is 2. The zero-order chi connectivity index (χ0) is 16.2. The van der Waals surface area contributed by atoms with Crippen molar-refractivity contribution in [3.63, 3.8) is 0 Å². The number of halogens is 3. The Hall–Kier alpha value is -1.27. The molecule has 0 saturated carbocycles. The van der Waals surface area contributed by atoms with Crippen molar-refractivity contribution >= 4 is 32.4 Å². The van der Waals surface area contributed by atoms with E-state index in [2.05, 4.69) is 21.0 Å². The number of alkyl halides is 2. The maximum atomic E-state index is 14.4. The number of fused-ring (bicyclic) bond motifs is 2. The van der Waals surface area contributed by atoms with Crippen LogP contribution >= 0.6 is 15.9 Å². The standard InChI is InChI=1S/C17H17BrF2N2O/c1-2-10-8-17(19,20)12-7-13-11(16(18)15(10)12)9-21-22(13)14-5-3-4-6-23-14/h7-9,14H,2-6H2,1H3. The van der Waals surface area contributed by atoms with Gasteiger partial charge < -0.3 is 4.74 Å². The Morgan fingerprint density at radius 1 is 1.43 bits per heavy atom. The molecule has 0 spiro atoms. The van der Waals surface area contributed by atoms with Crippen LogP contribution in [0.2, 0.25) is 0 Å².